The van der Waals surface area contributed by atoms with Gasteiger partial charge in [0.1, 0.15) is 0 Å². The zero-order chi connectivity index (χ0) is 10.6. The molecule has 2 N–H and O–H groups in total. The Bertz CT molecular complexity index is 282. The van der Waals surface area contributed by atoms with Crippen LogP contribution in [0.3, 0.4) is 0 Å². The van der Waals surface area contributed by atoms with Crippen LogP contribution in [0, 0.1) is 0 Å². The van der Waals surface area contributed by atoms with Crippen LogP contribution in [0.2, 0.25) is 0 Å². The van der Waals surface area contributed by atoms with Crippen molar-refractivity contribution in [2.75, 3.05) is 20.8 Å². The first-order valence-corrected chi connectivity index (χ1v) is 4.38. The van der Waals surface area contributed by atoms with Gasteiger partial charge in [-0.2, -0.15) is 9.97 Å². The lowest BCUT2D eigenvalue weighted by atomic mass is 10.1. The van der Waals surface area contributed by atoms with Crippen molar-refractivity contribution in [3.63, 3.8) is 0 Å². The fraction of sp³-hybridized carbons (Fsp3) is 0.556. The summed E-state index contributed by atoms with van der Waals surface area (Å²) in [7, 11) is 3.07. The lowest BCUT2D eigenvalue weighted by Crippen LogP contribution is -2.11. The summed E-state index contributed by atoms with van der Waals surface area (Å²) in [5.41, 5.74) is 6.37. The van der Waals surface area contributed by atoms with Crippen LogP contribution in [0.25, 0.3) is 0 Å². The number of methoxy groups -OCH3 is 2. The maximum Gasteiger partial charge on any atom is 0.319 e. The van der Waals surface area contributed by atoms with Crippen LogP contribution in [0.5, 0.6) is 11.9 Å². The Morgan fingerprint density at radius 3 is 2.57 bits per heavy atom. The molecule has 0 aliphatic rings. The molecule has 1 atom stereocenters. The Morgan fingerprint density at radius 2 is 2.07 bits per heavy atom. The van der Waals surface area contributed by atoms with Crippen LogP contribution < -0.4 is 15.2 Å². The summed E-state index contributed by atoms with van der Waals surface area (Å²) in [6.45, 7) is 2.52. The smallest absolute Gasteiger partial charge is 0.319 e. The summed E-state index contributed by atoms with van der Waals surface area (Å²) < 4.78 is 9.97. The molecule has 1 unspecified atom stereocenters. The molecule has 14 heavy (non-hydrogen) atoms. The molecule has 0 amide bonds. The van der Waals surface area contributed by atoms with Crippen molar-refractivity contribution in [2.45, 2.75) is 12.8 Å². The second-order valence-corrected chi connectivity index (χ2v) is 2.96. The van der Waals surface area contributed by atoms with Crippen molar-refractivity contribution >= 4 is 0 Å². The molecule has 0 radical (unpaired) electrons. The third kappa shape index (κ3) is 2.32. The molecular weight excluding hydrogens is 182 g/mol. The summed E-state index contributed by atoms with van der Waals surface area (Å²) in [5, 5.41) is 0. The highest BCUT2D eigenvalue weighted by atomic mass is 16.5. The second-order valence-electron chi connectivity index (χ2n) is 2.96. The minimum absolute atomic E-state index is 0.167. The van der Waals surface area contributed by atoms with Crippen LogP contribution >= 0.6 is 0 Å². The number of hydrogen-bond acceptors (Lipinski definition) is 5. The Balaban J connectivity index is 3.04. The number of nitrogens with two attached hydrogens (primary N) is 1. The molecule has 0 fully saturated rings. The van der Waals surface area contributed by atoms with Gasteiger partial charge in [-0.3, -0.25) is 0 Å². The highest BCUT2D eigenvalue weighted by Crippen LogP contribution is 2.19. The number of hydrogen-bond donors (Lipinski definition) is 1. The molecule has 1 aromatic rings. The van der Waals surface area contributed by atoms with Crippen molar-refractivity contribution in [2.24, 2.45) is 5.73 Å². The van der Waals surface area contributed by atoms with Crippen LogP contribution in [0.15, 0.2) is 6.07 Å². The molecule has 5 nitrogen and oxygen atoms in total. The molecule has 0 saturated carbocycles. The Morgan fingerprint density at radius 1 is 1.36 bits per heavy atom. The van der Waals surface area contributed by atoms with E-state index in [2.05, 4.69) is 9.97 Å². The van der Waals surface area contributed by atoms with E-state index in [4.69, 9.17) is 15.2 Å². The van der Waals surface area contributed by atoms with Crippen LogP contribution in [0.1, 0.15) is 18.5 Å². The largest absolute Gasteiger partial charge is 0.481 e. The van der Waals surface area contributed by atoms with Gasteiger partial charge >= 0.3 is 6.01 Å². The van der Waals surface area contributed by atoms with Crippen LogP contribution in [-0.2, 0) is 0 Å². The van der Waals surface area contributed by atoms with Gasteiger partial charge in [-0.1, -0.05) is 6.92 Å². The lowest BCUT2D eigenvalue weighted by molar-refractivity contribution is 0.349. The molecule has 0 aliphatic heterocycles. The van der Waals surface area contributed by atoms with Crippen molar-refractivity contribution in [1.82, 2.24) is 9.97 Å². The molecule has 1 rings (SSSR count). The van der Waals surface area contributed by atoms with Gasteiger partial charge < -0.3 is 15.2 Å². The van der Waals surface area contributed by atoms with Gasteiger partial charge in [0.25, 0.3) is 0 Å². The SMILES string of the molecule is COc1cc(C(C)CN)nc(OC)n1. The predicted molar refractivity (Wildman–Crippen MR) is 52.6 cm³/mol. The Kier molecular flexibility index (Phi) is 3.64. The van der Waals surface area contributed by atoms with Gasteiger partial charge in [-0.05, 0) is 0 Å². The van der Waals surface area contributed by atoms with Crippen molar-refractivity contribution in [1.29, 1.82) is 0 Å². The predicted octanol–water partition coefficient (Wildman–Crippen LogP) is 0.556. The molecule has 1 aromatic heterocycles. The first-order chi connectivity index (χ1) is 6.71. The minimum Gasteiger partial charge on any atom is -0.481 e. The lowest BCUT2D eigenvalue weighted by Gasteiger charge is -2.10. The van der Waals surface area contributed by atoms with Crippen LogP contribution in [0.4, 0.5) is 0 Å². The first kappa shape index (κ1) is 10.7. The normalized spacial score (nSPS) is 12.3. The van der Waals surface area contributed by atoms with E-state index in [0.717, 1.165) is 5.69 Å². The highest BCUT2D eigenvalue weighted by Gasteiger charge is 2.10. The average molecular weight is 197 g/mol. The maximum absolute atomic E-state index is 5.55. The molecule has 0 aromatic carbocycles. The van der Waals surface area contributed by atoms with E-state index in [1.54, 1.807) is 13.2 Å². The Hall–Kier alpha value is -1.36. The summed E-state index contributed by atoms with van der Waals surface area (Å²) in [4.78, 5) is 8.17. The van der Waals surface area contributed by atoms with E-state index in [0.29, 0.717) is 18.4 Å². The summed E-state index contributed by atoms with van der Waals surface area (Å²) in [6, 6.07) is 2.07. The fourth-order valence-corrected chi connectivity index (χ4v) is 0.990. The topological polar surface area (TPSA) is 70.3 Å². The number of ether oxygens (including phenoxy) is 2. The summed E-state index contributed by atoms with van der Waals surface area (Å²) >= 11 is 0. The summed E-state index contributed by atoms with van der Waals surface area (Å²) in [6.07, 6.45) is 0. The Labute approximate surface area is 83.3 Å². The second kappa shape index (κ2) is 4.76. The zero-order valence-electron chi connectivity index (χ0n) is 8.65. The third-order valence-corrected chi connectivity index (χ3v) is 1.95. The molecule has 0 saturated heterocycles. The van der Waals surface area contributed by atoms with Gasteiger partial charge in [-0.15, -0.1) is 0 Å². The molecular formula is C9H15N3O2. The molecule has 0 bridgehead atoms. The third-order valence-electron chi connectivity index (χ3n) is 1.95. The molecule has 0 aliphatic carbocycles. The molecule has 1 heterocycles. The van der Waals surface area contributed by atoms with Gasteiger partial charge in [0.05, 0.1) is 19.9 Å². The highest BCUT2D eigenvalue weighted by molar-refractivity contribution is 5.21. The van der Waals surface area contributed by atoms with Crippen molar-refractivity contribution in [3.05, 3.63) is 11.8 Å². The van der Waals surface area contributed by atoms with E-state index in [-0.39, 0.29) is 5.92 Å². The zero-order valence-corrected chi connectivity index (χ0v) is 8.65. The molecule has 78 valence electrons. The standard InChI is InChI=1S/C9H15N3O2/c1-6(5-10)7-4-8(13-2)12-9(11-7)14-3/h4,6H,5,10H2,1-3H3. The van der Waals surface area contributed by atoms with E-state index in [9.17, 15) is 0 Å². The summed E-state index contributed by atoms with van der Waals surface area (Å²) in [5.74, 6) is 0.660. The van der Waals surface area contributed by atoms with Gasteiger partial charge in [-0.25, -0.2) is 0 Å². The van der Waals surface area contributed by atoms with Gasteiger partial charge in [0, 0.05) is 18.5 Å². The molecule has 5 heteroatoms. The van der Waals surface area contributed by atoms with E-state index in [1.807, 2.05) is 6.92 Å². The van der Waals surface area contributed by atoms with E-state index < -0.39 is 0 Å². The minimum atomic E-state index is 0.167. The maximum atomic E-state index is 5.55. The van der Waals surface area contributed by atoms with E-state index in [1.165, 1.54) is 7.11 Å². The van der Waals surface area contributed by atoms with Crippen molar-refractivity contribution in [3.8, 4) is 11.9 Å². The molecule has 0 spiro atoms. The van der Waals surface area contributed by atoms with Crippen LogP contribution in [-0.4, -0.2) is 30.7 Å². The quantitative estimate of drug-likeness (QED) is 0.763. The first-order valence-electron chi connectivity index (χ1n) is 4.38. The number of rotatable bonds is 4. The van der Waals surface area contributed by atoms with Gasteiger partial charge in [0.15, 0.2) is 0 Å². The monoisotopic (exact) mass is 197 g/mol. The van der Waals surface area contributed by atoms with Gasteiger partial charge in [0.2, 0.25) is 5.88 Å². The average Bonchev–Trinajstić information content (AvgIpc) is 2.27. The van der Waals surface area contributed by atoms with E-state index >= 15 is 0 Å². The fourth-order valence-electron chi connectivity index (χ4n) is 0.990. The number of nitrogens with zero attached hydrogens (tertiary/aromatic N) is 2. The van der Waals surface area contributed by atoms with Crippen molar-refractivity contribution < 1.29 is 9.47 Å². The number of aromatic nitrogens is 2.